The zero-order valence-electron chi connectivity index (χ0n) is 4.91. The smallest absolute Gasteiger partial charge is 0.00718 e. The Bertz CT molecular complexity index is 172. The van der Waals surface area contributed by atoms with Gasteiger partial charge in [-0.25, -0.2) is 0 Å². The molecule has 1 aromatic carbocycles. The van der Waals surface area contributed by atoms with Crippen molar-refractivity contribution in [3.05, 3.63) is 42.1 Å². The fraction of sp³-hybridized carbons (Fsp3) is 0. The zero-order chi connectivity index (χ0) is 6.69. The SMILES string of the molecule is N[C-](O)c1ccccc1. The molecule has 3 N–H and O–H groups in total. The lowest BCUT2D eigenvalue weighted by Gasteiger charge is -2.11. The van der Waals surface area contributed by atoms with Gasteiger partial charge in [-0.3, -0.25) is 0 Å². The van der Waals surface area contributed by atoms with Gasteiger partial charge in [-0.15, -0.1) is 17.7 Å². The van der Waals surface area contributed by atoms with Crippen LogP contribution in [-0.2, 0) is 0 Å². The highest BCUT2D eigenvalue weighted by Crippen LogP contribution is 2.03. The predicted octanol–water partition coefficient (Wildman–Crippen LogP) is 0.855. The minimum Gasteiger partial charge on any atom is -0.411 e. The summed E-state index contributed by atoms with van der Waals surface area (Å²) in [6.45, 7) is 0. The summed E-state index contributed by atoms with van der Waals surface area (Å²) in [6, 6.07) is 8.99. The quantitative estimate of drug-likeness (QED) is 0.542. The molecule has 0 amide bonds. The highest BCUT2D eigenvalue weighted by atomic mass is 16.3. The van der Waals surface area contributed by atoms with E-state index in [0.717, 1.165) is 0 Å². The second-order valence-electron chi connectivity index (χ2n) is 1.75. The van der Waals surface area contributed by atoms with Crippen LogP contribution in [0.4, 0.5) is 0 Å². The summed E-state index contributed by atoms with van der Waals surface area (Å²) in [5.74, 6) is 0. The molecule has 0 spiro atoms. The monoisotopic (exact) mass is 122 g/mol. The Morgan fingerprint density at radius 3 is 2.11 bits per heavy atom. The second-order valence-corrected chi connectivity index (χ2v) is 1.75. The van der Waals surface area contributed by atoms with E-state index in [0.29, 0.717) is 5.56 Å². The molecule has 2 heteroatoms. The van der Waals surface area contributed by atoms with Crippen molar-refractivity contribution in [2.24, 2.45) is 5.73 Å². The van der Waals surface area contributed by atoms with Gasteiger partial charge in [-0.1, -0.05) is 6.07 Å². The average molecular weight is 122 g/mol. The molecule has 1 aromatic rings. The Kier molecular flexibility index (Phi) is 1.72. The van der Waals surface area contributed by atoms with Crippen molar-refractivity contribution in [2.75, 3.05) is 0 Å². The van der Waals surface area contributed by atoms with Crippen LogP contribution in [-0.4, -0.2) is 5.11 Å². The molecule has 0 saturated heterocycles. The lowest BCUT2D eigenvalue weighted by Crippen LogP contribution is -2.08. The third-order valence-corrected chi connectivity index (χ3v) is 1.07. The topological polar surface area (TPSA) is 46.2 Å². The van der Waals surface area contributed by atoms with Gasteiger partial charge in [0, 0.05) is 6.23 Å². The van der Waals surface area contributed by atoms with Crippen LogP contribution in [0.2, 0.25) is 0 Å². The molecule has 0 aliphatic heterocycles. The number of hydrogen-bond acceptors (Lipinski definition) is 2. The molecule has 0 heterocycles. The van der Waals surface area contributed by atoms with Crippen LogP contribution < -0.4 is 5.73 Å². The van der Waals surface area contributed by atoms with E-state index in [1.807, 2.05) is 18.2 Å². The molecule has 0 fully saturated rings. The first-order valence-corrected chi connectivity index (χ1v) is 2.67. The molecule has 9 heavy (non-hydrogen) atoms. The van der Waals surface area contributed by atoms with E-state index in [-0.39, 0.29) is 6.23 Å². The van der Waals surface area contributed by atoms with Gasteiger partial charge in [-0.2, -0.15) is 12.1 Å². The minimum atomic E-state index is -0.129. The van der Waals surface area contributed by atoms with E-state index in [1.54, 1.807) is 12.1 Å². The van der Waals surface area contributed by atoms with Crippen molar-refractivity contribution >= 4 is 0 Å². The van der Waals surface area contributed by atoms with Crippen molar-refractivity contribution < 1.29 is 5.11 Å². The summed E-state index contributed by atoms with van der Waals surface area (Å²) in [5.41, 5.74) is 5.75. The lowest BCUT2D eigenvalue weighted by atomic mass is 10.2. The molecule has 0 aliphatic carbocycles. The molecular formula is C7H8NO-. The fourth-order valence-electron chi connectivity index (χ4n) is 0.609. The van der Waals surface area contributed by atoms with E-state index >= 15 is 0 Å². The largest absolute Gasteiger partial charge is 0.411 e. The highest BCUT2D eigenvalue weighted by molar-refractivity contribution is 5.23. The van der Waals surface area contributed by atoms with Gasteiger partial charge in [0.25, 0.3) is 0 Å². The van der Waals surface area contributed by atoms with Crippen LogP contribution in [0.3, 0.4) is 0 Å². The molecule has 0 aromatic heterocycles. The lowest BCUT2D eigenvalue weighted by molar-refractivity contribution is 0.331. The first-order chi connectivity index (χ1) is 4.30. The zero-order valence-corrected chi connectivity index (χ0v) is 4.91. The first-order valence-electron chi connectivity index (χ1n) is 2.67. The number of aliphatic hydroxyl groups is 1. The first kappa shape index (κ1) is 6.13. The Balaban J connectivity index is 2.85. The Hall–Kier alpha value is -0.990. The molecule has 0 aliphatic rings. The fourth-order valence-corrected chi connectivity index (χ4v) is 0.609. The van der Waals surface area contributed by atoms with Gasteiger partial charge >= 0.3 is 0 Å². The Morgan fingerprint density at radius 2 is 1.78 bits per heavy atom. The van der Waals surface area contributed by atoms with Crippen molar-refractivity contribution in [3.8, 4) is 0 Å². The van der Waals surface area contributed by atoms with Crippen molar-refractivity contribution in [3.63, 3.8) is 0 Å². The molecule has 1 rings (SSSR count). The van der Waals surface area contributed by atoms with Crippen LogP contribution in [0, 0.1) is 6.23 Å². The number of nitrogens with two attached hydrogens (primary N) is 1. The maximum absolute atomic E-state index is 8.72. The standard InChI is InChI=1S/C7H8NO/c8-7(9)6-4-2-1-3-5-6/h1-5,9H,8H2/q-1. The second kappa shape index (κ2) is 2.53. The summed E-state index contributed by atoms with van der Waals surface area (Å²) in [7, 11) is 0. The maximum Gasteiger partial charge on any atom is 0.00718 e. The van der Waals surface area contributed by atoms with Gasteiger partial charge in [0.2, 0.25) is 0 Å². The van der Waals surface area contributed by atoms with Gasteiger partial charge in [0.15, 0.2) is 0 Å². The normalized spacial score (nSPS) is 9.11. The molecule has 2 nitrogen and oxygen atoms in total. The Labute approximate surface area is 53.9 Å². The molecule has 48 valence electrons. The van der Waals surface area contributed by atoms with Gasteiger partial charge in [-0.05, 0) is 0 Å². The van der Waals surface area contributed by atoms with Crippen LogP contribution >= 0.6 is 0 Å². The minimum absolute atomic E-state index is 0.129. The summed E-state index contributed by atoms with van der Waals surface area (Å²) in [4.78, 5) is 0. The van der Waals surface area contributed by atoms with Crippen molar-refractivity contribution in [2.45, 2.75) is 0 Å². The van der Waals surface area contributed by atoms with E-state index in [9.17, 15) is 0 Å². The maximum atomic E-state index is 8.72. The number of benzene rings is 1. The summed E-state index contributed by atoms with van der Waals surface area (Å²) in [5, 5.41) is 8.72. The van der Waals surface area contributed by atoms with Gasteiger partial charge in [0.1, 0.15) is 0 Å². The average Bonchev–Trinajstić information content (AvgIpc) is 1.90. The van der Waals surface area contributed by atoms with Crippen molar-refractivity contribution in [1.82, 2.24) is 0 Å². The number of rotatable bonds is 1. The van der Waals surface area contributed by atoms with Gasteiger partial charge in [0.05, 0.1) is 0 Å². The third kappa shape index (κ3) is 1.45. The molecule has 0 atom stereocenters. The van der Waals surface area contributed by atoms with Crippen LogP contribution in [0.5, 0.6) is 0 Å². The molecule has 0 unspecified atom stereocenters. The Morgan fingerprint density at radius 1 is 1.22 bits per heavy atom. The highest BCUT2D eigenvalue weighted by Gasteiger charge is 1.84. The van der Waals surface area contributed by atoms with E-state index < -0.39 is 0 Å². The van der Waals surface area contributed by atoms with Crippen molar-refractivity contribution in [1.29, 1.82) is 0 Å². The van der Waals surface area contributed by atoms with E-state index in [1.165, 1.54) is 0 Å². The molecular weight excluding hydrogens is 114 g/mol. The van der Waals surface area contributed by atoms with E-state index in [2.05, 4.69) is 0 Å². The summed E-state index contributed by atoms with van der Waals surface area (Å²) < 4.78 is 0. The summed E-state index contributed by atoms with van der Waals surface area (Å²) in [6.07, 6.45) is -0.129. The van der Waals surface area contributed by atoms with E-state index in [4.69, 9.17) is 10.8 Å². The number of hydrogen-bond donors (Lipinski definition) is 2. The molecule has 0 bridgehead atoms. The summed E-state index contributed by atoms with van der Waals surface area (Å²) >= 11 is 0. The van der Waals surface area contributed by atoms with Crippen LogP contribution in [0.1, 0.15) is 5.56 Å². The third-order valence-electron chi connectivity index (χ3n) is 1.07. The molecule has 0 radical (unpaired) electrons. The number of aliphatic hydroxyl groups excluding tert-OH is 1. The van der Waals surface area contributed by atoms with Gasteiger partial charge < -0.3 is 10.8 Å². The molecule has 0 saturated carbocycles. The van der Waals surface area contributed by atoms with Crippen LogP contribution in [0.15, 0.2) is 30.3 Å². The predicted molar refractivity (Wildman–Crippen MR) is 34.9 cm³/mol. The van der Waals surface area contributed by atoms with Crippen LogP contribution in [0.25, 0.3) is 0 Å².